The van der Waals surface area contributed by atoms with Gasteiger partial charge in [-0.2, -0.15) is 0 Å². The summed E-state index contributed by atoms with van der Waals surface area (Å²) >= 11 is 0. The molecule has 0 bridgehead atoms. The Kier molecular flexibility index (Phi) is 6.21. The third-order valence-electron chi connectivity index (χ3n) is 1.86. The fourth-order valence-corrected chi connectivity index (χ4v) is 0.977. The molecule has 0 amide bonds. The molecule has 0 radical (unpaired) electrons. The molecule has 0 aliphatic rings. The number of hydrogen-bond acceptors (Lipinski definition) is 0. The molecule has 0 heterocycles. The molecular weight excluding hydrogens is 163 g/mol. The van der Waals surface area contributed by atoms with Crippen molar-refractivity contribution in [1.29, 1.82) is 0 Å². The summed E-state index contributed by atoms with van der Waals surface area (Å²) in [5, 5.41) is 0. The van der Waals surface area contributed by atoms with Crippen molar-refractivity contribution in [1.82, 2.24) is 0 Å². The molecule has 0 aliphatic carbocycles. The number of halogens is 1. The maximum atomic E-state index is 12.3. The van der Waals surface area contributed by atoms with E-state index in [-0.39, 0.29) is 5.83 Å². The van der Waals surface area contributed by atoms with E-state index < -0.39 is 0 Å². The van der Waals surface area contributed by atoms with Crippen molar-refractivity contribution >= 4 is 0 Å². The van der Waals surface area contributed by atoms with Gasteiger partial charge in [0, 0.05) is 0 Å². The quantitative estimate of drug-likeness (QED) is 0.552. The van der Waals surface area contributed by atoms with Gasteiger partial charge in [0.15, 0.2) is 0 Å². The molecule has 0 aromatic heterocycles. The lowest BCUT2D eigenvalue weighted by Crippen LogP contribution is -1.88. The highest BCUT2D eigenvalue weighted by molar-refractivity contribution is 5.22. The van der Waals surface area contributed by atoms with Crippen molar-refractivity contribution in [2.24, 2.45) is 5.92 Å². The third kappa shape index (κ3) is 7.51. The molecule has 0 aromatic rings. The van der Waals surface area contributed by atoms with Crippen LogP contribution in [0.2, 0.25) is 0 Å². The molecule has 0 rings (SSSR count). The van der Waals surface area contributed by atoms with Crippen LogP contribution in [0.3, 0.4) is 0 Å². The van der Waals surface area contributed by atoms with Gasteiger partial charge < -0.3 is 0 Å². The largest absolute Gasteiger partial charge is 0.208 e. The molecule has 0 saturated heterocycles. The molecule has 0 N–H and O–H groups in total. The second-order valence-electron chi connectivity index (χ2n) is 3.58. The van der Waals surface area contributed by atoms with Gasteiger partial charge in [-0.05, 0) is 31.8 Å². The lowest BCUT2D eigenvalue weighted by atomic mass is 10.0. The van der Waals surface area contributed by atoms with Gasteiger partial charge in [0.2, 0.25) is 0 Å². The first-order chi connectivity index (χ1) is 6.06. The summed E-state index contributed by atoms with van der Waals surface area (Å²) in [6, 6.07) is 0. The molecule has 0 aromatic carbocycles. The van der Waals surface area contributed by atoms with Crippen LogP contribution in [0.15, 0.2) is 36.2 Å². The number of rotatable bonds is 5. The minimum Gasteiger partial charge on any atom is -0.208 e. The van der Waals surface area contributed by atoms with Crippen LogP contribution in [0.1, 0.15) is 33.6 Å². The van der Waals surface area contributed by atoms with Crippen LogP contribution in [-0.4, -0.2) is 0 Å². The normalized spacial score (nSPS) is 12.8. The standard InChI is InChI=1S/C12H19F/c1-5-12(8-6-10(2)3)9-7-11(4)13/h5,7,9-10H,4,6,8H2,1-3H3/b9-7-,12-5-. The highest BCUT2D eigenvalue weighted by Gasteiger charge is 1.96. The zero-order valence-electron chi connectivity index (χ0n) is 8.81. The minimum absolute atomic E-state index is 0.385. The first-order valence-corrected chi connectivity index (χ1v) is 4.74. The molecule has 0 saturated carbocycles. The molecule has 74 valence electrons. The van der Waals surface area contributed by atoms with Gasteiger partial charge in [-0.3, -0.25) is 0 Å². The molecule has 0 fully saturated rings. The van der Waals surface area contributed by atoms with Gasteiger partial charge in [-0.1, -0.05) is 38.2 Å². The van der Waals surface area contributed by atoms with Crippen LogP contribution in [0.4, 0.5) is 4.39 Å². The van der Waals surface area contributed by atoms with Gasteiger partial charge in [-0.25, -0.2) is 4.39 Å². The minimum atomic E-state index is -0.385. The Morgan fingerprint density at radius 2 is 2.00 bits per heavy atom. The van der Waals surface area contributed by atoms with E-state index in [1.54, 1.807) is 6.08 Å². The third-order valence-corrected chi connectivity index (χ3v) is 1.86. The van der Waals surface area contributed by atoms with E-state index in [1.165, 1.54) is 11.6 Å². The molecule has 13 heavy (non-hydrogen) atoms. The first kappa shape index (κ1) is 12.2. The average Bonchev–Trinajstić information content (AvgIpc) is 2.04. The van der Waals surface area contributed by atoms with E-state index in [9.17, 15) is 4.39 Å². The van der Waals surface area contributed by atoms with E-state index in [4.69, 9.17) is 0 Å². The maximum absolute atomic E-state index is 12.3. The van der Waals surface area contributed by atoms with Crippen molar-refractivity contribution in [3.8, 4) is 0 Å². The fourth-order valence-electron chi connectivity index (χ4n) is 0.977. The number of hydrogen-bond donors (Lipinski definition) is 0. The Morgan fingerprint density at radius 3 is 2.38 bits per heavy atom. The summed E-state index contributed by atoms with van der Waals surface area (Å²) in [6.45, 7) is 9.52. The molecule has 1 heteroatoms. The Balaban J connectivity index is 3.99. The van der Waals surface area contributed by atoms with Gasteiger partial charge in [0.25, 0.3) is 0 Å². The predicted molar refractivity (Wildman–Crippen MR) is 57.2 cm³/mol. The first-order valence-electron chi connectivity index (χ1n) is 4.74. The van der Waals surface area contributed by atoms with E-state index in [0.717, 1.165) is 12.8 Å². The van der Waals surface area contributed by atoms with Crippen LogP contribution < -0.4 is 0 Å². The van der Waals surface area contributed by atoms with E-state index in [1.807, 2.05) is 13.0 Å². The topological polar surface area (TPSA) is 0 Å². The Bertz CT molecular complexity index is 209. The van der Waals surface area contributed by atoms with E-state index >= 15 is 0 Å². The van der Waals surface area contributed by atoms with Crippen molar-refractivity contribution in [3.05, 3.63) is 36.2 Å². The van der Waals surface area contributed by atoms with Gasteiger partial charge in [0.05, 0.1) is 0 Å². The molecule has 0 unspecified atom stereocenters. The van der Waals surface area contributed by atoms with Gasteiger partial charge in [-0.15, -0.1) is 0 Å². The summed E-state index contributed by atoms with van der Waals surface area (Å²) in [7, 11) is 0. The zero-order chi connectivity index (χ0) is 10.3. The summed E-state index contributed by atoms with van der Waals surface area (Å²) in [6.07, 6.45) is 7.38. The van der Waals surface area contributed by atoms with Crippen LogP contribution in [0.25, 0.3) is 0 Å². The lowest BCUT2D eigenvalue weighted by Gasteiger charge is -2.04. The van der Waals surface area contributed by atoms with E-state index in [2.05, 4.69) is 20.4 Å². The molecule has 0 aliphatic heterocycles. The average molecular weight is 182 g/mol. The van der Waals surface area contributed by atoms with Crippen molar-refractivity contribution in [3.63, 3.8) is 0 Å². The van der Waals surface area contributed by atoms with Gasteiger partial charge in [0.1, 0.15) is 5.83 Å². The van der Waals surface area contributed by atoms with Crippen molar-refractivity contribution < 1.29 is 4.39 Å². The molecule has 0 spiro atoms. The summed E-state index contributed by atoms with van der Waals surface area (Å²) < 4.78 is 12.3. The smallest absolute Gasteiger partial charge is 0.116 e. The second-order valence-corrected chi connectivity index (χ2v) is 3.58. The summed E-state index contributed by atoms with van der Waals surface area (Å²) in [5.74, 6) is 0.306. The maximum Gasteiger partial charge on any atom is 0.116 e. The molecule has 0 atom stereocenters. The SMILES string of the molecule is C=C(F)/C=C\C(=C/C)CCC(C)C. The van der Waals surface area contributed by atoms with Crippen LogP contribution in [0.5, 0.6) is 0 Å². The Labute approximate surface area is 80.9 Å². The lowest BCUT2D eigenvalue weighted by molar-refractivity contribution is 0.587. The van der Waals surface area contributed by atoms with Crippen molar-refractivity contribution in [2.45, 2.75) is 33.6 Å². The van der Waals surface area contributed by atoms with Crippen LogP contribution in [0, 0.1) is 5.92 Å². The Hall–Kier alpha value is -0.850. The summed E-state index contributed by atoms with van der Waals surface area (Å²) in [4.78, 5) is 0. The highest BCUT2D eigenvalue weighted by Crippen LogP contribution is 2.13. The second kappa shape index (κ2) is 6.64. The van der Waals surface area contributed by atoms with Crippen LogP contribution in [-0.2, 0) is 0 Å². The number of allylic oxidation sites excluding steroid dienone is 5. The predicted octanol–water partition coefficient (Wildman–Crippen LogP) is 4.41. The monoisotopic (exact) mass is 182 g/mol. The zero-order valence-corrected chi connectivity index (χ0v) is 8.81. The van der Waals surface area contributed by atoms with Gasteiger partial charge >= 0.3 is 0 Å². The Morgan fingerprint density at radius 1 is 1.38 bits per heavy atom. The van der Waals surface area contributed by atoms with E-state index in [0.29, 0.717) is 5.92 Å². The highest BCUT2D eigenvalue weighted by atomic mass is 19.1. The van der Waals surface area contributed by atoms with Crippen molar-refractivity contribution in [2.75, 3.05) is 0 Å². The van der Waals surface area contributed by atoms with Crippen LogP contribution >= 0.6 is 0 Å². The fraction of sp³-hybridized carbons (Fsp3) is 0.500. The molecule has 0 nitrogen and oxygen atoms in total. The summed E-state index contributed by atoms with van der Waals surface area (Å²) in [5.41, 5.74) is 1.17. The molecular formula is C12H19F.